The Balaban J connectivity index is 1.99. The van der Waals surface area contributed by atoms with Gasteiger partial charge in [0.25, 0.3) is 0 Å². The summed E-state index contributed by atoms with van der Waals surface area (Å²) in [7, 11) is 0. The van der Waals surface area contributed by atoms with Crippen LogP contribution in [0.4, 0.5) is 0 Å². The Morgan fingerprint density at radius 3 is 1.43 bits per heavy atom. The summed E-state index contributed by atoms with van der Waals surface area (Å²) in [6.45, 7) is 12.1. The zero-order valence-corrected chi connectivity index (χ0v) is 31.5. The third-order valence-electron chi connectivity index (χ3n) is 10.0. The Morgan fingerprint density at radius 1 is 0.543 bits per heavy atom. The monoisotopic (exact) mass is 644 g/mol. The van der Waals surface area contributed by atoms with E-state index in [0.29, 0.717) is 12.6 Å². The lowest BCUT2D eigenvalue weighted by Crippen LogP contribution is -2.42. The first kappa shape index (κ1) is 42.9. The molecule has 1 atom stereocenters. The molecule has 0 aromatic carbocycles. The van der Waals surface area contributed by atoms with Crippen LogP contribution >= 0.6 is 0 Å². The average Bonchev–Trinajstić information content (AvgIpc) is 3.46. The Morgan fingerprint density at radius 2 is 0.957 bits per heavy atom. The predicted molar refractivity (Wildman–Crippen MR) is 205 cm³/mol. The lowest BCUT2D eigenvalue weighted by atomic mass is 10.1. The summed E-state index contributed by atoms with van der Waals surface area (Å²) in [5.74, 6) is 0.248. The normalized spacial score (nSPS) is 16.0. The van der Waals surface area contributed by atoms with Crippen molar-refractivity contribution in [1.29, 1.82) is 0 Å². The largest absolute Gasteiger partial charge is 0.355 e. The first-order chi connectivity index (χ1) is 22.7. The molecule has 1 N–H and O–H groups in total. The van der Waals surface area contributed by atoms with Gasteiger partial charge >= 0.3 is 0 Å². The van der Waals surface area contributed by atoms with Crippen molar-refractivity contribution in [2.24, 2.45) is 0 Å². The van der Waals surface area contributed by atoms with Gasteiger partial charge in [0.15, 0.2) is 0 Å². The highest BCUT2D eigenvalue weighted by atomic mass is 16.1. The van der Waals surface area contributed by atoms with E-state index in [9.17, 15) is 4.79 Å². The van der Waals surface area contributed by atoms with Gasteiger partial charge in [-0.3, -0.25) is 14.6 Å². The molecule has 0 radical (unpaired) electrons. The van der Waals surface area contributed by atoms with Gasteiger partial charge in [-0.1, -0.05) is 154 Å². The highest BCUT2D eigenvalue weighted by Gasteiger charge is 2.29. The van der Waals surface area contributed by atoms with E-state index in [4.69, 9.17) is 0 Å². The molecule has 1 amide bonds. The molecular formula is C42H81N3O. The molecule has 0 aromatic heterocycles. The van der Waals surface area contributed by atoms with Crippen LogP contribution in [-0.4, -0.2) is 54.6 Å². The lowest BCUT2D eigenvalue weighted by Gasteiger charge is -2.29. The van der Waals surface area contributed by atoms with Crippen LogP contribution in [0, 0.1) is 0 Å². The van der Waals surface area contributed by atoms with Gasteiger partial charge in [0.05, 0.1) is 6.17 Å². The number of unbranched alkanes of at least 4 members (excludes halogenated alkanes) is 22. The molecule has 0 aromatic rings. The average molecular weight is 644 g/mol. The highest BCUT2D eigenvalue weighted by molar-refractivity contribution is 5.75. The second-order valence-corrected chi connectivity index (χ2v) is 14.2. The van der Waals surface area contributed by atoms with Crippen LogP contribution in [0.2, 0.25) is 0 Å². The SMILES string of the molecule is CCCCCCCC/C=C\CCCCCCCC(=O)NCCN1CCN(CC)C1CCCCCCC/C=C/CCCCCCCC. The fourth-order valence-electron chi connectivity index (χ4n) is 6.96. The van der Waals surface area contributed by atoms with Gasteiger partial charge in [0.1, 0.15) is 0 Å². The summed E-state index contributed by atoms with van der Waals surface area (Å²) in [4.78, 5) is 17.7. The number of hydrogen-bond acceptors (Lipinski definition) is 3. The standard InChI is InChI=1S/C42H81N3O/c1-4-7-9-11-13-15-17-19-21-23-25-27-29-31-33-35-41(46)43-37-38-45-40-39-44(6-3)42(45)36-34-32-30-28-26-24-22-20-18-16-14-12-10-8-5-2/h19-22,42H,4-18,23-40H2,1-3H3,(H,43,46)/b21-19-,22-20+. The zero-order valence-electron chi connectivity index (χ0n) is 31.5. The Bertz CT molecular complexity index is 705. The van der Waals surface area contributed by atoms with Crippen molar-refractivity contribution >= 4 is 5.91 Å². The Kier molecular flexibility index (Phi) is 31.5. The minimum absolute atomic E-state index is 0.248. The zero-order chi connectivity index (χ0) is 33.2. The maximum Gasteiger partial charge on any atom is 0.220 e. The number of likely N-dealkylation sites (N-methyl/N-ethyl adjacent to an activating group) is 1. The lowest BCUT2D eigenvalue weighted by molar-refractivity contribution is -0.121. The van der Waals surface area contributed by atoms with Crippen molar-refractivity contribution in [3.63, 3.8) is 0 Å². The highest BCUT2D eigenvalue weighted by Crippen LogP contribution is 2.20. The van der Waals surface area contributed by atoms with Crippen molar-refractivity contribution in [2.45, 2.75) is 207 Å². The van der Waals surface area contributed by atoms with Crippen LogP contribution in [0.15, 0.2) is 24.3 Å². The molecule has 1 aliphatic heterocycles. The summed E-state index contributed by atoms with van der Waals surface area (Å²) < 4.78 is 0. The van der Waals surface area contributed by atoms with E-state index in [1.165, 1.54) is 173 Å². The molecule has 1 saturated heterocycles. The predicted octanol–water partition coefficient (Wildman–Crippen LogP) is 12.1. The van der Waals surface area contributed by atoms with Crippen molar-refractivity contribution in [3.05, 3.63) is 24.3 Å². The number of nitrogens with one attached hydrogen (secondary N) is 1. The van der Waals surface area contributed by atoms with Crippen LogP contribution < -0.4 is 5.32 Å². The molecule has 0 bridgehead atoms. The smallest absolute Gasteiger partial charge is 0.220 e. The van der Waals surface area contributed by atoms with Crippen LogP contribution in [0.25, 0.3) is 0 Å². The molecule has 4 nitrogen and oxygen atoms in total. The molecule has 1 heterocycles. The summed E-state index contributed by atoms with van der Waals surface area (Å²) in [6.07, 6.45) is 46.7. The van der Waals surface area contributed by atoms with E-state index in [1.54, 1.807) is 0 Å². The number of nitrogens with zero attached hydrogens (tertiary/aromatic N) is 2. The number of allylic oxidation sites excluding steroid dienone is 4. The molecule has 1 rings (SSSR count). The van der Waals surface area contributed by atoms with Crippen molar-refractivity contribution < 1.29 is 4.79 Å². The van der Waals surface area contributed by atoms with Crippen LogP contribution in [-0.2, 0) is 4.79 Å². The fourth-order valence-corrected chi connectivity index (χ4v) is 6.96. The number of carbonyl (C=O) groups is 1. The van der Waals surface area contributed by atoms with Gasteiger partial charge in [-0.15, -0.1) is 0 Å². The van der Waals surface area contributed by atoms with E-state index in [0.717, 1.165) is 32.6 Å². The van der Waals surface area contributed by atoms with Crippen LogP contribution in [0.3, 0.4) is 0 Å². The second kappa shape index (κ2) is 33.8. The molecular weight excluding hydrogens is 562 g/mol. The summed E-state index contributed by atoms with van der Waals surface area (Å²) in [6, 6.07) is 0. The van der Waals surface area contributed by atoms with Gasteiger partial charge < -0.3 is 5.32 Å². The molecule has 1 aliphatic rings. The molecule has 4 heteroatoms. The van der Waals surface area contributed by atoms with Gasteiger partial charge in [-0.05, 0) is 70.8 Å². The van der Waals surface area contributed by atoms with Crippen LogP contribution in [0.1, 0.15) is 201 Å². The number of rotatable bonds is 34. The quantitative estimate of drug-likeness (QED) is 0.0560. The van der Waals surface area contributed by atoms with Crippen LogP contribution in [0.5, 0.6) is 0 Å². The third-order valence-corrected chi connectivity index (χ3v) is 10.0. The summed E-state index contributed by atoms with van der Waals surface area (Å²) in [5, 5.41) is 3.22. The van der Waals surface area contributed by atoms with E-state index < -0.39 is 0 Å². The summed E-state index contributed by atoms with van der Waals surface area (Å²) in [5.41, 5.74) is 0. The second-order valence-electron chi connectivity index (χ2n) is 14.2. The van der Waals surface area contributed by atoms with Crippen molar-refractivity contribution in [1.82, 2.24) is 15.1 Å². The maximum absolute atomic E-state index is 12.4. The molecule has 46 heavy (non-hydrogen) atoms. The molecule has 1 fully saturated rings. The number of amides is 1. The van der Waals surface area contributed by atoms with Gasteiger partial charge in [-0.2, -0.15) is 0 Å². The van der Waals surface area contributed by atoms with E-state index in [2.05, 4.69) is 60.2 Å². The van der Waals surface area contributed by atoms with Gasteiger partial charge in [-0.25, -0.2) is 0 Å². The number of hydrogen-bond donors (Lipinski definition) is 1. The number of carbonyl (C=O) groups excluding carboxylic acids is 1. The van der Waals surface area contributed by atoms with Crippen molar-refractivity contribution in [2.75, 3.05) is 32.7 Å². The fraction of sp³-hybridized carbons (Fsp3) is 0.881. The molecule has 0 saturated carbocycles. The Hall–Kier alpha value is -1.13. The molecule has 270 valence electrons. The minimum Gasteiger partial charge on any atom is -0.355 e. The molecule has 0 spiro atoms. The van der Waals surface area contributed by atoms with Gasteiger partial charge in [0, 0.05) is 32.6 Å². The maximum atomic E-state index is 12.4. The first-order valence-corrected chi connectivity index (χ1v) is 20.8. The first-order valence-electron chi connectivity index (χ1n) is 20.8. The molecule has 0 aliphatic carbocycles. The topological polar surface area (TPSA) is 35.6 Å². The van der Waals surface area contributed by atoms with Crippen molar-refractivity contribution in [3.8, 4) is 0 Å². The van der Waals surface area contributed by atoms with Gasteiger partial charge in [0.2, 0.25) is 5.91 Å². The molecule has 1 unspecified atom stereocenters. The summed E-state index contributed by atoms with van der Waals surface area (Å²) >= 11 is 0. The third kappa shape index (κ3) is 25.9. The van der Waals surface area contributed by atoms with E-state index in [-0.39, 0.29) is 5.91 Å². The minimum atomic E-state index is 0.248. The van der Waals surface area contributed by atoms with E-state index in [1.807, 2.05) is 0 Å². The van der Waals surface area contributed by atoms with E-state index >= 15 is 0 Å². The Labute approximate surface area is 289 Å².